The first-order chi connectivity index (χ1) is 12.3. The molecule has 0 spiro atoms. The van der Waals surface area contributed by atoms with Gasteiger partial charge in [-0.2, -0.15) is 0 Å². The first-order valence-electron chi connectivity index (χ1n) is 7.76. The van der Waals surface area contributed by atoms with E-state index >= 15 is 0 Å². The summed E-state index contributed by atoms with van der Waals surface area (Å²) in [7, 11) is 0. The fraction of sp³-hybridized carbons (Fsp3) is 0.167. The lowest BCUT2D eigenvalue weighted by atomic mass is 9.92. The summed E-state index contributed by atoms with van der Waals surface area (Å²) < 4.78 is 0.960. The maximum Gasteiger partial charge on any atom is 0.325 e. The number of hydrogen-bond acceptors (Lipinski definition) is 3. The van der Waals surface area contributed by atoms with E-state index in [1.165, 1.54) is 0 Å². The number of carbonyl (C=O) groups excluding carboxylic acids is 3. The molecular weight excluding hydrogens is 469 g/mol. The summed E-state index contributed by atoms with van der Waals surface area (Å²) in [6, 6.07) is 13.4. The highest BCUT2D eigenvalue weighted by molar-refractivity contribution is 14.1. The first kappa shape index (κ1) is 18.7. The summed E-state index contributed by atoms with van der Waals surface area (Å²) in [5, 5.41) is 5.69. The fourth-order valence-electron chi connectivity index (χ4n) is 2.80. The molecule has 6 nitrogen and oxygen atoms in total. The Bertz CT molecular complexity index is 905. The van der Waals surface area contributed by atoms with Gasteiger partial charge in [0, 0.05) is 19.8 Å². The van der Waals surface area contributed by atoms with Crippen LogP contribution in [-0.2, 0) is 15.1 Å². The summed E-state index contributed by atoms with van der Waals surface area (Å²) in [5.74, 6) is -0.979. The van der Waals surface area contributed by atoms with Crippen molar-refractivity contribution in [1.82, 2.24) is 10.2 Å². The number of rotatable bonds is 4. The molecule has 1 unspecified atom stereocenters. The SMILES string of the molecule is CC1(c2ccccc2Cl)NC(=O)N(CC(=O)Nc2cccc(I)c2)C1=O. The standard InChI is InChI=1S/C18H15ClIN3O3/c1-18(13-7-2-3-8-14(13)19)16(25)23(17(26)22-18)10-15(24)21-12-6-4-5-11(20)9-12/h2-9H,10H2,1H3,(H,21,24)(H,22,26). The van der Waals surface area contributed by atoms with Crippen LogP contribution in [0.5, 0.6) is 0 Å². The molecule has 8 heteroatoms. The minimum absolute atomic E-state index is 0.369. The molecule has 0 aromatic heterocycles. The average molecular weight is 484 g/mol. The third kappa shape index (κ3) is 3.54. The van der Waals surface area contributed by atoms with Crippen LogP contribution in [0.1, 0.15) is 12.5 Å². The molecule has 4 amide bonds. The van der Waals surface area contributed by atoms with Crippen molar-refractivity contribution < 1.29 is 14.4 Å². The van der Waals surface area contributed by atoms with Gasteiger partial charge in [-0.3, -0.25) is 14.5 Å². The van der Waals surface area contributed by atoms with Gasteiger partial charge < -0.3 is 10.6 Å². The Labute approximate surface area is 169 Å². The minimum Gasteiger partial charge on any atom is -0.324 e. The number of benzene rings is 2. The van der Waals surface area contributed by atoms with Gasteiger partial charge in [-0.15, -0.1) is 0 Å². The van der Waals surface area contributed by atoms with Crippen molar-refractivity contribution in [3.05, 3.63) is 62.7 Å². The second-order valence-corrected chi connectivity index (χ2v) is 7.64. The number of nitrogens with zero attached hydrogens (tertiary/aromatic N) is 1. The van der Waals surface area contributed by atoms with E-state index < -0.39 is 23.4 Å². The number of urea groups is 1. The third-order valence-electron chi connectivity index (χ3n) is 4.10. The number of nitrogens with one attached hydrogen (secondary N) is 2. The maximum absolute atomic E-state index is 12.8. The first-order valence-corrected chi connectivity index (χ1v) is 9.21. The van der Waals surface area contributed by atoms with Crippen LogP contribution < -0.4 is 10.6 Å². The lowest BCUT2D eigenvalue weighted by Crippen LogP contribution is -2.42. The van der Waals surface area contributed by atoms with Gasteiger partial charge in [-0.25, -0.2) is 4.79 Å². The highest BCUT2D eigenvalue weighted by Gasteiger charge is 2.50. The second kappa shape index (κ2) is 7.24. The number of amides is 4. The smallest absolute Gasteiger partial charge is 0.324 e. The second-order valence-electron chi connectivity index (χ2n) is 5.98. The van der Waals surface area contributed by atoms with Gasteiger partial charge in [0.25, 0.3) is 5.91 Å². The lowest BCUT2D eigenvalue weighted by Gasteiger charge is -2.23. The Hall–Kier alpha value is -2.13. The van der Waals surface area contributed by atoms with Crippen LogP contribution in [0, 0.1) is 3.57 Å². The van der Waals surface area contributed by atoms with Crippen LogP contribution >= 0.6 is 34.2 Å². The number of carbonyl (C=O) groups is 3. The van der Waals surface area contributed by atoms with Gasteiger partial charge in [-0.1, -0.05) is 35.9 Å². The van der Waals surface area contributed by atoms with Crippen LogP contribution in [0.3, 0.4) is 0 Å². The molecule has 0 saturated carbocycles. The molecule has 1 saturated heterocycles. The van der Waals surface area contributed by atoms with E-state index in [-0.39, 0.29) is 6.54 Å². The molecule has 3 rings (SSSR count). The largest absolute Gasteiger partial charge is 0.325 e. The van der Waals surface area contributed by atoms with Crippen LogP contribution in [0.2, 0.25) is 5.02 Å². The van der Waals surface area contributed by atoms with E-state index in [0.29, 0.717) is 16.3 Å². The predicted octanol–water partition coefficient (Wildman–Crippen LogP) is 3.35. The van der Waals surface area contributed by atoms with Crippen molar-refractivity contribution in [2.45, 2.75) is 12.5 Å². The molecule has 1 fully saturated rings. The third-order valence-corrected chi connectivity index (χ3v) is 5.10. The van der Waals surface area contributed by atoms with Crippen molar-refractivity contribution in [1.29, 1.82) is 0 Å². The Morgan fingerprint density at radius 3 is 2.65 bits per heavy atom. The molecule has 26 heavy (non-hydrogen) atoms. The van der Waals surface area contributed by atoms with E-state index in [1.807, 2.05) is 6.07 Å². The topological polar surface area (TPSA) is 78.5 Å². The number of imide groups is 1. The molecule has 1 aliphatic rings. The van der Waals surface area contributed by atoms with Gasteiger partial charge in [0.2, 0.25) is 5.91 Å². The van der Waals surface area contributed by atoms with Crippen molar-refractivity contribution in [3.63, 3.8) is 0 Å². The Morgan fingerprint density at radius 2 is 1.96 bits per heavy atom. The van der Waals surface area contributed by atoms with Crippen molar-refractivity contribution in [3.8, 4) is 0 Å². The van der Waals surface area contributed by atoms with Gasteiger partial charge >= 0.3 is 6.03 Å². The van der Waals surface area contributed by atoms with Gasteiger partial charge in [0.15, 0.2) is 0 Å². The van der Waals surface area contributed by atoms with Crippen molar-refractivity contribution in [2.75, 3.05) is 11.9 Å². The molecule has 134 valence electrons. The molecule has 1 aliphatic heterocycles. The molecule has 2 N–H and O–H groups in total. The molecule has 2 aromatic rings. The highest BCUT2D eigenvalue weighted by Crippen LogP contribution is 2.33. The molecule has 0 aliphatic carbocycles. The van der Waals surface area contributed by atoms with Crippen molar-refractivity contribution >= 4 is 57.7 Å². The fourth-order valence-corrected chi connectivity index (χ4v) is 3.67. The molecular formula is C18H15ClIN3O3. The summed E-state index contributed by atoms with van der Waals surface area (Å²) in [5.41, 5.74) is -0.221. The molecule has 1 atom stereocenters. The van der Waals surface area contributed by atoms with Crippen LogP contribution in [0.4, 0.5) is 10.5 Å². The molecule has 0 radical (unpaired) electrons. The van der Waals surface area contributed by atoms with Crippen LogP contribution in [0.25, 0.3) is 0 Å². The van der Waals surface area contributed by atoms with E-state index in [9.17, 15) is 14.4 Å². The minimum atomic E-state index is -1.31. The summed E-state index contributed by atoms with van der Waals surface area (Å²) in [4.78, 5) is 38.3. The zero-order valence-corrected chi connectivity index (χ0v) is 16.7. The van der Waals surface area contributed by atoms with Crippen LogP contribution in [0.15, 0.2) is 48.5 Å². The monoisotopic (exact) mass is 483 g/mol. The lowest BCUT2D eigenvalue weighted by molar-refractivity contribution is -0.133. The molecule has 1 heterocycles. The summed E-state index contributed by atoms with van der Waals surface area (Å²) in [6.07, 6.45) is 0. The average Bonchev–Trinajstić information content (AvgIpc) is 2.79. The van der Waals surface area contributed by atoms with E-state index in [2.05, 4.69) is 33.2 Å². The molecule has 0 bridgehead atoms. The number of hydrogen-bond donors (Lipinski definition) is 2. The van der Waals surface area contributed by atoms with E-state index in [0.717, 1.165) is 8.47 Å². The quantitative estimate of drug-likeness (QED) is 0.517. The van der Waals surface area contributed by atoms with Gasteiger partial charge in [0.1, 0.15) is 12.1 Å². The highest BCUT2D eigenvalue weighted by atomic mass is 127. The van der Waals surface area contributed by atoms with Gasteiger partial charge in [0.05, 0.1) is 0 Å². The normalized spacial score (nSPS) is 19.4. The number of anilines is 1. The number of halogens is 2. The van der Waals surface area contributed by atoms with E-state index in [1.54, 1.807) is 49.4 Å². The van der Waals surface area contributed by atoms with E-state index in [4.69, 9.17) is 11.6 Å². The van der Waals surface area contributed by atoms with Crippen molar-refractivity contribution in [2.24, 2.45) is 0 Å². The molecule has 2 aromatic carbocycles. The summed E-state index contributed by atoms with van der Waals surface area (Å²) >= 11 is 8.31. The van der Waals surface area contributed by atoms with Crippen LogP contribution in [-0.4, -0.2) is 29.3 Å². The Kier molecular flexibility index (Phi) is 5.19. The Morgan fingerprint density at radius 1 is 1.23 bits per heavy atom. The maximum atomic E-state index is 12.8. The van der Waals surface area contributed by atoms with Gasteiger partial charge in [-0.05, 0) is 53.8 Å². The zero-order chi connectivity index (χ0) is 18.9. The zero-order valence-electron chi connectivity index (χ0n) is 13.8. The Balaban J connectivity index is 1.77. The summed E-state index contributed by atoms with van der Waals surface area (Å²) in [6.45, 7) is 1.20. The predicted molar refractivity (Wildman–Crippen MR) is 107 cm³/mol.